The van der Waals surface area contributed by atoms with Gasteiger partial charge < -0.3 is 0 Å². The Morgan fingerprint density at radius 2 is 0.818 bits per heavy atom. The second-order valence-corrected chi connectivity index (χ2v) is 14.0. The van der Waals surface area contributed by atoms with Gasteiger partial charge in [0.05, 0.1) is 16.8 Å². The third-order valence-corrected chi connectivity index (χ3v) is 10.9. The first-order chi connectivity index (χ1) is 27.3. The van der Waals surface area contributed by atoms with Gasteiger partial charge in [0.25, 0.3) is 0 Å². The number of hydrogen-bond donors (Lipinski definition) is 0. The predicted octanol–water partition coefficient (Wildman–Crippen LogP) is 12.6. The van der Waals surface area contributed by atoms with Crippen molar-refractivity contribution in [3.05, 3.63) is 235 Å². The first-order valence-corrected chi connectivity index (χ1v) is 18.7. The molecule has 0 N–H and O–H groups in total. The van der Waals surface area contributed by atoms with Gasteiger partial charge in [-0.15, -0.1) is 0 Å². The van der Waals surface area contributed by atoms with E-state index in [0.29, 0.717) is 5.82 Å². The molecule has 0 spiro atoms. The highest BCUT2D eigenvalue weighted by atomic mass is 14.9. The SMILES string of the molecule is c1ccc(-c2cccc(-c3nc(-c4ccncc4)cc(-c4cccc(-c5ccc6c(c5)-c5ccccc5C6(c5ccccc5)c5ccccc5)c4)n3)c2)cc1. The number of aromatic nitrogens is 3. The summed E-state index contributed by atoms with van der Waals surface area (Å²) in [6, 6.07) is 71.5. The van der Waals surface area contributed by atoms with Crippen LogP contribution in [-0.2, 0) is 5.41 Å². The molecule has 9 aromatic rings. The van der Waals surface area contributed by atoms with Gasteiger partial charge in [-0.25, -0.2) is 9.97 Å². The Kier molecular flexibility index (Phi) is 8.04. The maximum absolute atomic E-state index is 5.22. The normalized spacial score (nSPS) is 12.5. The third-order valence-electron chi connectivity index (χ3n) is 10.9. The molecule has 0 amide bonds. The van der Waals surface area contributed by atoms with E-state index >= 15 is 0 Å². The van der Waals surface area contributed by atoms with E-state index in [2.05, 4.69) is 187 Å². The number of pyridine rings is 1. The highest BCUT2D eigenvalue weighted by Crippen LogP contribution is 2.56. The van der Waals surface area contributed by atoms with E-state index in [-0.39, 0.29) is 0 Å². The highest BCUT2D eigenvalue weighted by Gasteiger charge is 2.45. The van der Waals surface area contributed by atoms with Gasteiger partial charge in [-0.1, -0.05) is 164 Å². The Morgan fingerprint density at radius 3 is 1.53 bits per heavy atom. The molecule has 1 aliphatic rings. The first kappa shape index (κ1) is 32.4. The van der Waals surface area contributed by atoms with Gasteiger partial charge in [-0.05, 0) is 92.0 Å². The van der Waals surface area contributed by atoms with Gasteiger partial charge in [-0.3, -0.25) is 4.98 Å². The summed E-state index contributed by atoms with van der Waals surface area (Å²) < 4.78 is 0. The van der Waals surface area contributed by atoms with E-state index in [1.807, 2.05) is 30.6 Å². The van der Waals surface area contributed by atoms with Gasteiger partial charge in [0.2, 0.25) is 0 Å². The number of benzene rings is 7. The van der Waals surface area contributed by atoms with Gasteiger partial charge in [0.1, 0.15) is 0 Å². The van der Waals surface area contributed by atoms with Gasteiger partial charge >= 0.3 is 0 Å². The minimum atomic E-state index is -0.423. The van der Waals surface area contributed by atoms with Crippen molar-refractivity contribution < 1.29 is 0 Å². The lowest BCUT2D eigenvalue weighted by molar-refractivity contribution is 0.768. The standard InChI is InChI=1S/C52H35N3/c1-4-14-36(15-5-1)38-16-13-19-42(33-38)51-54-49(37-28-30-53-31-29-37)35-50(55-51)41-18-12-17-39(32-41)40-26-27-48-46(34-40)45-24-10-11-25-47(45)52(48,43-20-6-2-7-21-43)44-22-8-3-9-23-44/h1-35H. The van der Waals surface area contributed by atoms with Crippen LogP contribution in [0, 0.1) is 0 Å². The van der Waals surface area contributed by atoms with E-state index in [1.54, 1.807) is 0 Å². The Morgan fingerprint density at radius 1 is 0.309 bits per heavy atom. The second-order valence-electron chi connectivity index (χ2n) is 14.0. The van der Waals surface area contributed by atoms with Gasteiger partial charge in [0.15, 0.2) is 5.82 Å². The van der Waals surface area contributed by atoms with E-state index in [9.17, 15) is 0 Å². The summed E-state index contributed by atoms with van der Waals surface area (Å²) >= 11 is 0. The van der Waals surface area contributed by atoms with Crippen molar-refractivity contribution in [3.63, 3.8) is 0 Å². The lowest BCUT2D eigenvalue weighted by atomic mass is 9.67. The Labute approximate surface area is 321 Å². The maximum atomic E-state index is 5.22. The molecule has 0 aliphatic heterocycles. The molecule has 0 saturated carbocycles. The van der Waals surface area contributed by atoms with Crippen LogP contribution in [0.2, 0.25) is 0 Å². The fourth-order valence-electron chi connectivity index (χ4n) is 8.35. The van der Waals surface area contributed by atoms with E-state index in [1.165, 1.54) is 33.4 Å². The van der Waals surface area contributed by atoms with E-state index in [4.69, 9.17) is 9.97 Å². The van der Waals surface area contributed by atoms with Crippen LogP contribution in [0.1, 0.15) is 22.3 Å². The average molecular weight is 702 g/mol. The summed E-state index contributed by atoms with van der Waals surface area (Å²) in [6.07, 6.45) is 3.62. The third kappa shape index (κ3) is 5.65. The molecule has 2 aromatic heterocycles. The summed E-state index contributed by atoms with van der Waals surface area (Å²) in [5.74, 6) is 0.680. The molecule has 0 atom stereocenters. The molecular weight excluding hydrogens is 667 g/mol. The lowest BCUT2D eigenvalue weighted by Crippen LogP contribution is -2.28. The summed E-state index contributed by atoms with van der Waals surface area (Å²) in [5.41, 5.74) is 16.5. The molecule has 2 heterocycles. The zero-order valence-corrected chi connectivity index (χ0v) is 30.0. The van der Waals surface area contributed by atoms with Crippen LogP contribution >= 0.6 is 0 Å². The Balaban J connectivity index is 1.11. The summed E-state index contributed by atoms with van der Waals surface area (Å²) in [5, 5.41) is 0. The van der Waals surface area contributed by atoms with Crippen LogP contribution in [0.4, 0.5) is 0 Å². The molecule has 10 rings (SSSR count). The quantitative estimate of drug-likeness (QED) is 0.166. The summed E-state index contributed by atoms with van der Waals surface area (Å²) in [6.45, 7) is 0. The van der Waals surface area contributed by atoms with Crippen LogP contribution in [0.5, 0.6) is 0 Å². The van der Waals surface area contributed by atoms with Crippen molar-refractivity contribution in [2.45, 2.75) is 5.41 Å². The number of hydrogen-bond acceptors (Lipinski definition) is 3. The number of nitrogens with zero attached hydrogens (tertiary/aromatic N) is 3. The molecule has 3 heteroatoms. The van der Waals surface area contributed by atoms with Crippen LogP contribution in [0.25, 0.3) is 67.3 Å². The van der Waals surface area contributed by atoms with Gasteiger partial charge in [0, 0.05) is 29.1 Å². The molecule has 7 aromatic carbocycles. The smallest absolute Gasteiger partial charge is 0.160 e. The molecule has 0 saturated heterocycles. The van der Waals surface area contributed by atoms with E-state index < -0.39 is 5.41 Å². The zero-order valence-electron chi connectivity index (χ0n) is 30.0. The number of fused-ring (bicyclic) bond motifs is 3. The van der Waals surface area contributed by atoms with Gasteiger partial charge in [-0.2, -0.15) is 0 Å². The van der Waals surface area contributed by atoms with Crippen molar-refractivity contribution >= 4 is 0 Å². The molecule has 0 bridgehead atoms. The maximum Gasteiger partial charge on any atom is 0.160 e. The molecular formula is C52H35N3. The molecule has 0 unspecified atom stereocenters. The van der Waals surface area contributed by atoms with Crippen LogP contribution in [-0.4, -0.2) is 15.0 Å². The minimum Gasteiger partial charge on any atom is -0.265 e. The van der Waals surface area contributed by atoms with Crippen LogP contribution in [0.3, 0.4) is 0 Å². The first-order valence-electron chi connectivity index (χ1n) is 18.7. The van der Waals surface area contributed by atoms with Crippen molar-refractivity contribution in [1.29, 1.82) is 0 Å². The fourth-order valence-corrected chi connectivity index (χ4v) is 8.35. The lowest BCUT2D eigenvalue weighted by Gasteiger charge is -2.33. The molecule has 1 aliphatic carbocycles. The zero-order chi connectivity index (χ0) is 36.6. The van der Waals surface area contributed by atoms with Crippen LogP contribution < -0.4 is 0 Å². The minimum absolute atomic E-state index is 0.423. The molecule has 3 nitrogen and oxygen atoms in total. The topological polar surface area (TPSA) is 38.7 Å². The van der Waals surface area contributed by atoms with Crippen molar-refractivity contribution in [2.75, 3.05) is 0 Å². The molecule has 0 radical (unpaired) electrons. The fraction of sp³-hybridized carbons (Fsp3) is 0.0192. The Bertz CT molecular complexity index is 2760. The summed E-state index contributed by atoms with van der Waals surface area (Å²) in [4.78, 5) is 14.6. The number of rotatable bonds is 7. The van der Waals surface area contributed by atoms with Crippen LogP contribution in [0.15, 0.2) is 213 Å². The predicted molar refractivity (Wildman–Crippen MR) is 224 cm³/mol. The summed E-state index contributed by atoms with van der Waals surface area (Å²) in [7, 11) is 0. The largest absolute Gasteiger partial charge is 0.265 e. The second kappa shape index (κ2) is 13.6. The highest BCUT2D eigenvalue weighted by molar-refractivity contribution is 5.89. The monoisotopic (exact) mass is 701 g/mol. The van der Waals surface area contributed by atoms with Crippen molar-refractivity contribution in [1.82, 2.24) is 15.0 Å². The average Bonchev–Trinajstić information content (AvgIpc) is 3.58. The van der Waals surface area contributed by atoms with Crippen molar-refractivity contribution in [3.8, 4) is 67.3 Å². The Hall–Kier alpha value is -7.23. The van der Waals surface area contributed by atoms with E-state index in [0.717, 1.165) is 50.3 Å². The molecule has 258 valence electrons. The molecule has 55 heavy (non-hydrogen) atoms. The molecule has 0 fully saturated rings. The van der Waals surface area contributed by atoms with Crippen molar-refractivity contribution in [2.24, 2.45) is 0 Å².